The van der Waals surface area contributed by atoms with E-state index in [1.165, 1.54) is 24.1 Å². The van der Waals surface area contributed by atoms with E-state index in [0.717, 1.165) is 25.4 Å². The SMILES string of the molecule is CCCS(=O)(=O)Nc1ccc(N2CCC(Cc3ccccc3)CC2)cc1. The van der Waals surface area contributed by atoms with Gasteiger partial charge in [-0.15, -0.1) is 0 Å². The molecule has 2 aromatic carbocycles. The summed E-state index contributed by atoms with van der Waals surface area (Å²) in [5.74, 6) is 0.901. The Morgan fingerprint density at radius 3 is 2.27 bits per heavy atom. The van der Waals surface area contributed by atoms with Crippen molar-refractivity contribution < 1.29 is 8.42 Å². The fourth-order valence-electron chi connectivity index (χ4n) is 3.58. The number of benzene rings is 2. The van der Waals surface area contributed by atoms with Gasteiger partial charge in [0.2, 0.25) is 10.0 Å². The summed E-state index contributed by atoms with van der Waals surface area (Å²) in [6.45, 7) is 3.97. The fraction of sp³-hybridized carbons (Fsp3) is 0.429. The van der Waals surface area contributed by atoms with Gasteiger partial charge in [0.25, 0.3) is 0 Å². The average Bonchev–Trinajstić information content (AvgIpc) is 2.63. The van der Waals surface area contributed by atoms with Crippen molar-refractivity contribution in [2.24, 2.45) is 5.92 Å². The molecule has 1 fully saturated rings. The Labute approximate surface area is 157 Å². The lowest BCUT2D eigenvalue weighted by atomic mass is 9.90. The summed E-state index contributed by atoms with van der Waals surface area (Å²) < 4.78 is 26.3. The summed E-state index contributed by atoms with van der Waals surface area (Å²) in [4.78, 5) is 2.39. The van der Waals surface area contributed by atoms with Crippen molar-refractivity contribution in [3.8, 4) is 0 Å². The highest BCUT2D eigenvalue weighted by molar-refractivity contribution is 7.92. The largest absolute Gasteiger partial charge is 0.372 e. The summed E-state index contributed by atoms with van der Waals surface area (Å²) in [5.41, 5.74) is 3.23. The van der Waals surface area contributed by atoms with Gasteiger partial charge in [0.1, 0.15) is 0 Å². The van der Waals surface area contributed by atoms with Crippen LogP contribution in [-0.4, -0.2) is 27.3 Å². The molecule has 1 N–H and O–H groups in total. The van der Waals surface area contributed by atoms with E-state index in [1.54, 1.807) is 0 Å². The van der Waals surface area contributed by atoms with Crippen molar-refractivity contribution in [3.63, 3.8) is 0 Å². The summed E-state index contributed by atoms with van der Waals surface area (Å²) in [5, 5.41) is 0. The highest BCUT2D eigenvalue weighted by Gasteiger charge is 2.20. The van der Waals surface area contributed by atoms with Crippen LogP contribution in [0.3, 0.4) is 0 Å². The van der Waals surface area contributed by atoms with Crippen LogP contribution in [-0.2, 0) is 16.4 Å². The van der Waals surface area contributed by atoms with Crippen LogP contribution in [0.25, 0.3) is 0 Å². The first-order chi connectivity index (χ1) is 12.6. The van der Waals surface area contributed by atoms with Crippen LogP contribution >= 0.6 is 0 Å². The molecule has 3 rings (SSSR count). The minimum absolute atomic E-state index is 0.156. The Hall–Kier alpha value is -2.01. The van der Waals surface area contributed by atoms with Crippen molar-refractivity contribution in [2.45, 2.75) is 32.6 Å². The van der Waals surface area contributed by atoms with Crippen LogP contribution in [0.5, 0.6) is 0 Å². The molecule has 1 aliphatic rings. The van der Waals surface area contributed by atoms with Crippen molar-refractivity contribution >= 4 is 21.4 Å². The molecule has 0 spiro atoms. The van der Waals surface area contributed by atoms with Crippen molar-refractivity contribution in [3.05, 3.63) is 60.2 Å². The highest BCUT2D eigenvalue weighted by atomic mass is 32.2. The predicted octanol–water partition coefficient (Wildman–Crippen LogP) is 4.30. The molecule has 1 aliphatic heterocycles. The number of hydrogen-bond acceptors (Lipinski definition) is 3. The van der Waals surface area contributed by atoms with Gasteiger partial charge < -0.3 is 4.90 Å². The Morgan fingerprint density at radius 2 is 1.65 bits per heavy atom. The molecule has 1 saturated heterocycles. The molecule has 26 heavy (non-hydrogen) atoms. The maximum absolute atomic E-state index is 11.9. The van der Waals surface area contributed by atoms with Crippen LogP contribution in [0.1, 0.15) is 31.7 Å². The van der Waals surface area contributed by atoms with Gasteiger partial charge in [0.15, 0.2) is 0 Å². The van der Waals surface area contributed by atoms with Crippen molar-refractivity contribution in [1.29, 1.82) is 0 Å². The maximum Gasteiger partial charge on any atom is 0.232 e. The second-order valence-corrected chi connectivity index (χ2v) is 8.93. The van der Waals surface area contributed by atoms with Gasteiger partial charge in [0, 0.05) is 24.5 Å². The minimum Gasteiger partial charge on any atom is -0.372 e. The normalized spacial score (nSPS) is 15.8. The molecule has 0 bridgehead atoms. The zero-order valence-electron chi connectivity index (χ0n) is 15.4. The molecule has 0 aliphatic carbocycles. The molecule has 0 amide bonds. The third-order valence-corrected chi connectivity index (χ3v) is 6.45. The Morgan fingerprint density at radius 1 is 1.00 bits per heavy atom. The number of nitrogens with one attached hydrogen (secondary N) is 1. The average molecular weight is 373 g/mol. The third-order valence-electron chi connectivity index (χ3n) is 4.96. The Balaban J connectivity index is 1.53. The molecule has 0 unspecified atom stereocenters. The van der Waals surface area contributed by atoms with E-state index < -0.39 is 10.0 Å². The van der Waals surface area contributed by atoms with Gasteiger partial charge in [-0.2, -0.15) is 0 Å². The van der Waals surface area contributed by atoms with Gasteiger partial charge in [-0.25, -0.2) is 8.42 Å². The number of nitrogens with zero attached hydrogens (tertiary/aromatic N) is 1. The van der Waals surface area contributed by atoms with Crippen LogP contribution in [0, 0.1) is 5.92 Å². The molecule has 2 aromatic rings. The van der Waals surface area contributed by atoms with Gasteiger partial charge in [-0.3, -0.25) is 4.72 Å². The summed E-state index contributed by atoms with van der Waals surface area (Å²) in [6, 6.07) is 18.5. The van der Waals surface area contributed by atoms with Crippen LogP contribution < -0.4 is 9.62 Å². The monoisotopic (exact) mass is 372 g/mol. The number of piperidine rings is 1. The first-order valence-corrected chi connectivity index (χ1v) is 11.1. The molecule has 0 saturated carbocycles. The Kier molecular flexibility index (Phi) is 6.20. The maximum atomic E-state index is 11.9. The second-order valence-electron chi connectivity index (χ2n) is 7.09. The lowest BCUT2D eigenvalue weighted by molar-refractivity contribution is 0.404. The first kappa shape index (κ1) is 18.8. The van der Waals surface area contributed by atoms with E-state index in [9.17, 15) is 8.42 Å². The smallest absolute Gasteiger partial charge is 0.232 e. The molecule has 1 heterocycles. The van der Waals surface area contributed by atoms with Gasteiger partial charge >= 0.3 is 0 Å². The van der Waals surface area contributed by atoms with E-state index in [4.69, 9.17) is 0 Å². The lowest BCUT2D eigenvalue weighted by Gasteiger charge is -2.33. The number of sulfonamides is 1. The molecule has 0 aromatic heterocycles. The zero-order chi connectivity index (χ0) is 18.4. The van der Waals surface area contributed by atoms with E-state index in [0.29, 0.717) is 12.1 Å². The number of hydrogen-bond donors (Lipinski definition) is 1. The fourth-order valence-corrected chi connectivity index (χ4v) is 4.72. The van der Waals surface area contributed by atoms with E-state index in [1.807, 2.05) is 31.2 Å². The quantitative estimate of drug-likeness (QED) is 0.788. The molecule has 0 radical (unpaired) electrons. The van der Waals surface area contributed by atoms with Crippen molar-refractivity contribution in [2.75, 3.05) is 28.5 Å². The summed E-state index contributed by atoms with van der Waals surface area (Å²) >= 11 is 0. The van der Waals surface area contributed by atoms with Crippen molar-refractivity contribution in [1.82, 2.24) is 0 Å². The Bertz CT molecular complexity index is 781. The van der Waals surface area contributed by atoms with Gasteiger partial charge in [-0.05, 0) is 61.4 Å². The summed E-state index contributed by atoms with van der Waals surface area (Å²) in [6.07, 6.45) is 4.16. The zero-order valence-corrected chi connectivity index (χ0v) is 16.2. The van der Waals surface area contributed by atoms with Gasteiger partial charge in [0.05, 0.1) is 5.75 Å². The van der Waals surface area contributed by atoms with E-state index in [2.05, 4.69) is 40.0 Å². The molecular formula is C21H28N2O2S. The minimum atomic E-state index is -3.22. The molecule has 4 nitrogen and oxygen atoms in total. The van der Waals surface area contributed by atoms with Crippen LogP contribution in [0.4, 0.5) is 11.4 Å². The second kappa shape index (κ2) is 8.58. The van der Waals surface area contributed by atoms with Crippen LogP contribution in [0.15, 0.2) is 54.6 Å². The third kappa shape index (κ3) is 5.24. The van der Waals surface area contributed by atoms with Crippen LogP contribution in [0.2, 0.25) is 0 Å². The highest BCUT2D eigenvalue weighted by Crippen LogP contribution is 2.26. The summed E-state index contributed by atoms with van der Waals surface area (Å²) in [7, 11) is -3.22. The van der Waals surface area contributed by atoms with E-state index in [-0.39, 0.29) is 5.75 Å². The standard InChI is InChI=1S/C21H28N2O2S/c1-2-16-26(24,25)22-20-8-10-21(11-9-20)23-14-12-19(13-15-23)17-18-6-4-3-5-7-18/h3-11,19,22H,2,12-17H2,1H3. The number of anilines is 2. The van der Waals surface area contributed by atoms with Gasteiger partial charge in [-0.1, -0.05) is 37.3 Å². The number of rotatable bonds is 7. The molecule has 5 heteroatoms. The molecule has 0 atom stereocenters. The predicted molar refractivity (Wildman–Crippen MR) is 109 cm³/mol. The molecule has 140 valence electrons. The topological polar surface area (TPSA) is 49.4 Å². The van der Waals surface area contributed by atoms with E-state index >= 15 is 0 Å². The first-order valence-electron chi connectivity index (χ1n) is 9.45. The lowest BCUT2D eigenvalue weighted by Crippen LogP contribution is -2.34. The molecular weight excluding hydrogens is 344 g/mol.